The third kappa shape index (κ3) is 2.15. The van der Waals surface area contributed by atoms with Gasteiger partial charge in [0.1, 0.15) is 0 Å². The van der Waals surface area contributed by atoms with Crippen molar-refractivity contribution in [2.24, 2.45) is 5.92 Å². The van der Waals surface area contributed by atoms with E-state index in [-0.39, 0.29) is 5.75 Å². The molecule has 0 aliphatic carbocycles. The zero-order valence-electron chi connectivity index (χ0n) is 6.87. The van der Waals surface area contributed by atoms with E-state index in [9.17, 15) is 8.42 Å². The first-order chi connectivity index (χ1) is 5.02. The fraction of sp³-hybridized carbons (Fsp3) is 1.00. The van der Waals surface area contributed by atoms with Crippen molar-refractivity contribution in [3.8, 4) is 0 Å². The van der Waals surface area contributed by atoms with Gasteiger partial charge in [0.05, 0.1) is 5.75 Å². The van der Waals surface area contributed by atoms with E-state index >= 15 is 0 Å². The summed E-state index contributed by atoms with van der Waals surface area (Å²) in [5, 5.41) is 3.04. The number of rotatable bonds is 3. The Kier molecular flexibility index (Phi) is 2.51. The molecule has 0 spiro atoms. The maximum atomic E-state index is 11.2. The number of sulfonamides is 1. The molecule has 1 fully saturated rings. The molecule has 0 amide bonds. The second kappa shape index (κ2) is 3.08. The van der Waals surface area contributed by atoms with Gasteiger partial charge in [-0.25, -0.2) is 12.7 Å². The average Bonchev–Trinajstić information content (AvgIpc) is 1.79. The molecule has 0 radical (unpaired) electrons. The molecule has 1 heterocycles. The molecule has 1 rings (SSSR count). The van der Waals surface area contributed by atoms with Gasteiger partial charge in [-0.15, -0.1) is 0 Å². The highest BCUT2D eigenvalue weighted by Crippen LogP contribution is 2.08. The molecule has 1 aliphatic rings. The average molecular weight is 178 g/mol. The molecule has 11 heavy (non-hydrogen) atoms. The van der Waals surface area contributed by atoms with Crippen LogP contribution >= 0.6 is 0 Å². The Morgan fingerprint density at radius 2 is 2.00 bits per heavy atom. The van der Waals surface area contributed by atoms with Crippen LogP contribution in [0.1, 0.15) is 0 Å². The lowest BCUT2D eigenvalue weighted by Crippen LogP contribution is -2.47. The maximum absolute atomic E-state index is 11.2. The van der Waals surface area contributed by atoms with Crippen LogP contribution in [0.5, 0.6) is 0 Å². The Labute approximate surface area is 67.6 Å². The Balaban J connectivity index is 2.46. The molecule has 0 bridgehead atoms. The van der Waals surface area contributed by atoms with Gasteiger partial charge in [-0.2, -0.15) is 0 Å². The number of nitrogens with zero attached hydrogens (tertiary/aromatic N) is 1. The van der Waals surface area contributed by atoms with E-state index in [0.717, 1.165) is 13.1 Å². The van der Waals surface area contributed by atoms with Crippen LogP contribution < -0.4 is 5.32 Å². The molecule has 66 valence electrons. The topological polar surface area (TPSA) is 49.4 Å². The largest absolute Gasteiger partial charge is 0.316 e. The van der Waals surface area contributed by atoms with Gasteiger partial charge in [-0.05, 0) is 5.92 Å². The molecule has 0 aromatic carbocycles. The highest BCUT2D eigenvalue weighted by molar-refractivity contribution is 7.89. The fourth-order valence-electron chi connectivity index (χ4n) is 0.913. The lowest BCUT2D eigenvalue weighted by Gasteiger charge is -2.27. The van der Waals surface area contributed by atoms with Gasteiger partial charge in [0.25, 0.3) is 0 Å². The van der Waals surface area contributed by atoms with Gasteiger partial charge in [-0.3, -0.25) is 0 Å². The van der Waals surface area contributed by atoms with Gasteiger partial charge in [-0.1, -0.05) is 0 Å². The zero-order chi connectivity index (χ0) is 8.48. The number of hydrogen-bond acceptors (Lipinski definition) is 3. The smallest absolute Gasteiger partial charge is 0.213 e. The third-order valence-corrected chi connectivity index (χ3v) is 3.87. The van der Waals surface area contributed by atoms with Gasteiger partial charge < -0.3 is 5.32 Å². The first-order valence-corrected chi connectivity index (χ1v) is 5.24. The van der Waals surface area contributed by atoms with E-state index in [0.29, 0.717) is 5.92 Å². The van der Waals surface area contributed by atoms with Crippen LogP contribution in [0.15, 0.2) is 0 Å². The minimum atomic E-state index is -2.96. The molecule has 1 N–H and O–H groups in total. The predicted molar refractivity (Wildman–Crippen MR) is 43.8 cm³/mol. The summed E-state index contributed by atoms with van der Waals surface area (Å²) in [5.74, 6) is 0.606. The van der Waals surface area contributed by atoms with E-state index in [1.54, 1.807) is 14.1 Å². The van der Waals surface area contributed by atoms with Crippen molar-refractivity contribution in [3.63, 3.8) is 0 Å². The van der Waals surface area contributed by atoms with Crippen molar-refractivity contribution in [2.45, 2.75) is 0 Å². The summed E-state index contributed by atoms with van der Waals surface area (Å²) >= 11 is 0. The van der Waals surface area contributed by atoms with Gasteiger partial charge in [0.15, 0.2) is 0 Å². The Hall–Kier alpha value is -0.130. The quantitative estimate of drug-likeness (QED) is 0.609. The molecule has 1 saturated heterocycles. The number of hydrogen-bond donors (Lipinski definition) is 1. The summed E-state index contributed by atoms with van der Waals surface area (Å²) in [5.41, 5.74) is 0. The van der Waals surface area contributed by atoms with Crippen LogP contribution in [0.2, 0.25) is 0 Å². The summed E-state index contributed by atoms with van der Waals surface area (Å²) in [4.78, 5) is 0. The summed E-state index contributed by atoms with van der Waals surface area (Å²) in [6.07, 6.45) is 0. The molecule has 1 aliphatic heterocycles. The van der Waals surface area contributed by atoms with Crippen molar-refractivity contribution < 1.29 is 8.42 Å². The van der Waals surface area contributed by atoms with Gasteiger partial charge >= 0.3 is 0 Å². The minimum Gasteiger partial charge on any atom is -0.316 e. The molecule has 0 unspecified atom stereocenters. The SMILES string of the molecule is CN(C)S(=O)(=O)CC1CNC1. The van der Waals surface area contributed by atoms with E-state index in [4.69, 9.17) is 0 Å². The van der Waals surface area contributed by atoms with Crippen molar-refractivity contribution in [3.05, 3.63) is 0 Å². The zero-order valence-corrected chi connectivity index (χ0v) is 7.69. The normalized spacial score (nSPS) is 20.3. The monoisotopic (exact) mass is 178 g/mol. The third-order valence-electron chi connectivity index (χ3n) is 1.87. The summed E-state index contributed by atoms with van der Waals surface area (Å²) < 4.78 is 23.7. The van der Waals surface area contributed by atoms with Gasteiger partial charge in [0.2, 0.25) is 10.0 Å². The number of nitrogens with one attached hydrogen (secondary N) is 1. The van der Waals surface area contributed by atoms with Crippen LogP contribution in [-0.4, -0.2) is 45.7 Å². The van der Waals surface area contributed by atoms with E-state index in [2.05, 4.69) is 5.32 Å². The molecule has 0 aromatic rings. The molecular weight excluding hydrogens is 164 g/mol. The second-order valence-electron chi connectivity index (χ2n) is 3.09. The van der Waals surface area contributed by atoms with Crippen LogP contribution in [0.4, 0.5) is 0 Å². The molecular formula is C6H14N2O2S. The highest BCUT2D eigenvalue weighted by Gasteiger charge is 2.25. The van der Waals surface area contributed by atoms with Crippen LogP contribution in [0, 0.1) is 5.92 Å². The van der Waals surface area contributed by atoms with Crippen molar-refractivity contribution >= 4 is 10.0 Å². The molecule has 0 aromatic heterocycles. The summed E-state index contributed by atoms with van der Waals surface area (Å²) in [6, 6.07) is 0. The predicted octanol–water partition coefficient (Wildman–Crippen LogP) is -0.903. The Morgan fingerprint density at radius 1 is 1.45 bits per heavy atom. The van der Waals surface area contributed by atoms with Crippen molar-refractivity contribution in [1.29, 1.82) is 0 Å². The minimum absolute atomic E-state index is 0.285. The fourth-order valence-corrected chi connectivity index (χ4v) is 2.04. The lowest BCUT2D eigenvalue weighted by molar-refractivity contribution is 0.372. The summed E-state index contributed by atoms with van der Waals surface area (Å²) in [7, 11) is 0.177. The van der Waals surface area contributed by atoms with Crippen molar-refractivity contribution in [1.82, 2.24) is 9.62 Å². The standard InChI is InChI=1S/C6H14N2O2S/c1-8(2)11(9,10)5-6-3-7-4-6/h6-7H,3-5H2,1-2H3. The van der Waals surface area contributed by atoms with Gasteiger partial charge in [0, 0.05) is 27.2 Å². The van der Waals surface area contributed by atoms with Crippen LogP contribution in [-0.2, 0) is 10.0 Å². The van der Waals surface area contributed by atoms with E-state index in [1.807, 2.05) is 0 Å². The molecule has 0 atom stereocenters. The first-order valence-electron chi connectivity index (χ1n) is 3.63. The van der Waals surface area contributed by atoms with Crippen molar-refractivity contribution in [2.75, 3.05) is 32.9 Å². The van der Waals surface area contributed by atoms with E-state index in [1.165, 1.54) is 4.31 Å². The van der Waals surface area contributed by atoms with Crippen LogP contribution in [0.25, 0.3) is 0 Å². The Morgan fingerprint density at radius 3 is 2.27 bits per heavy atom. The van der Waals surface area contributed by atoms with Crippen LogP contribution in [0.3, 0.4) is 0 Å². The second-order valence-corrected chi connectivity index (χ2v) is 5.31. The van der Waals surface area contributed by atoms with E-state index < -0.39 is 10.0 Å². The molecule has 5 heteroatoms. The maximum Gasteiger partial charge on any atom is 0.213 e. The Bertz CT molecular complexity index is 219. The summed E-state index contributed by atoms with van der Waals surface area (Å²) in [6.45, 7) is 1.68. The molecule has 4 nitrogen and oxygen atoms in total. The lowest BCUT2D eigenvalue weighted by atomic mass is 10.1. The first kappa shape index (κ1) is 8.96. The molecule has 0 saturated carbocycles. The highest BCUT2D eigenvalue weighted by atomic mass is 32.2.